The van der Waals surface area contributed by atoms with Crippen molar-refractivity contribution in [1.82, 2.24) is 20.2 Å². The first kappa shape index (κ1) is 17.8. The van der Waals surface area contributed by atoms with Crippen LogP contribution in [0.25, 0.3) is 11.4 Å². The van der Waals surface area contributed by atoms with E-state index in [2.05, 4.69) is 20.8 Å². The predicted octanol–water partition coefficient (Wildman–Crippen LogP) is 2.19. The first-order valence-corrected chi connectivity index (χ1v) is 9.12. The number of aryl methyl sites for hydroxylation is 1. The minimum absolute atomic E-state index is 0.113. The highest BCUT2D eigenvalue weighted by Crippen LogP contribution is 2.22. The molecular formula is C20H20N6O2. The van der Waals surface area contributed by atoms with Gasteiger partial charge in [0.1, 0.15) is 0 Å². The lowest BCUT2D eigenvalue weighted by Gasteiger charge is -2.15. The zero-order chi connectivity index (χ0) is 19.5. The van der Waals surface area contributed by atoms with Gasteiger partial charge in [0.25, 0.3) is 0 Å². The van der Waals surface area contributed by atoms with Crippen LogP contribution in [0.5, 0.6) is 0 Å². The maximum atomic E-state index is 12.4. The zero-order valence-electron chi connectivity index (χ0n) is 15.5. The normalized spacial score (nSPS) is 13.8. The third kappa shape index (κ3) is 3.75. The number of tetrazole rings is 1. The number of nitrogens with zero attached hydrogens (tertiary/aromatic N) is 5. The van der Waals surface area contributed by atoms with Crippen molar-refractivity contribution in [2.24, 2.45) is 7.05 Å². The van der Waals surface area contributed by atoms with E-state index in [9.17, 15) is 9.59 Å². The van der Waals surface area contributed by atoms with Crippen LogP contribution >= 0.6 is 0 Å². The van der Waals surface area contributed by atoms with Gasteiger partial charge in [-0.15, -0.1) is 5.10 Å². The lowest BCUT2D eigenvalue weighted by atomic mass is 10.1. The van der Waals surface area contributed by atoms with Crippen LogP contribution in [0.3, 0.4) is 0 Å². The number of aromatic nitrogens is 4. The van der Waals surface area contributed by atoms with Crippen LogP contribution in [0.4, 0.5) is 11.4 Å². The Morgan fingerprint density at radius 3 is 2.68 bits per heavy atom. The summed E-state index contributed by atoms with van der Waals surface area (Å²) in [5.74, 6) is 0.671. The Morgan fingerprint density at radius 1 is 1.18 bits per heavy atom. The lowest BCUT2D eigenvalue weighted by molar-refractivity contribution is -0.117. The van der Waals surface area contributed by atoms with Crippen LogP contribution < -0.4 is 10.2 Å². The van der Waals surface area contributed by atoms with Crippen LogP contribution in [0, 0.1) is 0 Å². The molecule has 2 amide bonds. The fourth-order valence-electron chi connectivity index (χ4n) is 3.32. The number of hydrogen-bond acceptors (Lipinski definition) is 5. The largest absolute Gasteiger partial charge is 0.326 e. The summed E-state index contributed by atoms with van der Waals surface area (Å²) in [5, 5.41) is 14.3. The molecule has 142 valence electrons. The van der Waals surface area contributed by atoms with Gasteiger partial charge in [-0.05, 0) is 46.7 Å². The molecule has 28 heavy (non-hydrogen) atoms. The van der Waals surface area contributed by atoms with Crippen molar-refractivity contribution in [3.8, 4) is 11.4 Å². The molecule has 8 heteroatoms. The van der Waals surface area contributed by atoms with Crippen molar-refractivity contribution in [3.63, 3.8) is 0 Å². The molecule has 1 aromatic heterocycles. The molecule has 0 aliphatic carbocycles. The fourth-order valence-corrected chi connectivity index (χ4v) is 3.32. The summed E-state index contributed by atoms with van der Waals surface area (Å²) < 4.78 is 1.58. The van der Waals surface area contributed by atoms with E-state index < -0.39 is 0 Å². The molecule has 1 aliphatic rings. The fraction of sp³-hybridized carbons (Fsp3) is 0.250. The lowest BCUT2D eigenvalue weighted by Crippen LogP contribution is -2.23. The van der Waals surface area contributed by atoms with E-state index >= 15 is 0 Å². The third-order valence-electron chi connectivity index (χ3n) is 4.71. The molecule has 4 rings (SSSR count). The number of benzene rings is 2. The van der Waals surface area contributed by atoms with Crippen molar-refractivity contribution in [2.75, 3.05) is 16.8 Å². The Kier molecular flexibility index (Phi) is 4.84. The van der Waals surface area contributed by atoms with Gasteiger partial charge in [0, 0.05) is 37.0 Å². The Morgan fingerprint density at radius 2 is 2.00 bits per heavy atom. The van der Waals surface area contributed by atoms with E-state index in [1.165, 1.54) is 0 Å². The Balaban J connectivity index is 1.41. The van der Waals surface area contributed by atoms with Gasteiger partial charge in [0.2, 0.25) is 11.8 Å². The van der Waals surface area contributed by atoms with Gasteiger partial charge in [0.15, 0.2) is 5.82 Å². The van der Waals surface area contributed by atoms with Crippen molar-refractivity contribution in [1.29, 1.82) is 0 Å². The number of anilines is 2. The molecule has 8 nitrogen and oxygen atoms in total. The maximum Gasteiger partial charge on any atom is 0.228 e. The van der Waals surface area contributed by atoms with Crippen molar-refractivity contribution in [3.05, 3.63) is 54.1 Å². The standard InChI is InChI=1S/C20H20N6O2/c1-25-20(22-23-24-25)15-4-2-5-16(13-15)21-18(27)12-14-7-9-17(10-8-14)26-11-3-6-19(26)28/h2,4-5,7-10,13H,3,6,11-12H2,1H3,(H,21,27). The van der Waals surface area contributed by atoms with Crippen LogP contribution in [0.2, 0.25) is 0 Å². The molecule has 2 aromatic carbocycles. The van der Waals surface area contributed by atoms with Gasteiger partial charge in [-0.2, -0.15) is 0 Å². The van der Waals surface area contributed by atoms with Crippen LogP contribution in [-0.4, -0.2) is 38.6 Å². The van der Waals surface area contributed by atoms with Crippen molar-refractivity contribution in [2.45, 2.75) is 19.3 Å². The molecule has 0 bridgehead atoms. The summed E-state index contributed by atoms with van der Waals surface area (Å²) >= 11 is 0. The molecule has 0 atom stereocenters. The van der Waals surface area contributed by atoms with E-state index in [1.54, 1.807) is 16.6 Å². The highest BCUT2D eigenvalue weighted by molar-refractivity contribution is 5.95. The van der Waals surface area contributed by atoms with Crippen LogP contribution in [0.15, 0.2) is 48.5 Å². The highest BCUT2D eigenvalue weighted by Gasteiger charge is 2.21. The Labute approximate surface area is 162 Å². The van der Waals surface area contributed by atoms with Gasteiger partial charge < -0.3 is 10.2 Å². The van der Waals surface area contributed by atoms with Crippen molar-refractivity contribution >= 4 is 23.2 Å². The molecule has 1 fully saturated rings. The molecule has 1 aliphatic heterocycles. The zero-order valence-corrected chi connectivity index (χ0v) is 15.5. The molecule has 1 saturated heterocycles. The van der Waals surface area contributed by atoms with E-state index in [4.69, 9.17) is 0 Å². The van der Waals surface area contributed by atoms with Crippen LogP contribution in [-0.2, 0) is 23.1 Å². The van der Waals surface area contributed by atoms with Gasteiger partial charge in [-0.3, -0.25) is 9.59 Å². The molecule has 0 saturated carbocycles. The maximum absolute atomic E-state index is 12.4. The predicted molar refractivity (Wildman–Crippen MR) is 105 cm³/mol. The molecule has 0 unspecified atom stereocenters. The number of carbonyl (C=O) groups is 2. The summed E-state index contributed by atoms with van der Waals surface area (Å²) in [4.78, 5) is 26.0. The second kappa shape index (κ2) is 7.59. The molecular weight excluding hydrogens is 356 g/mol. The van der Waals surface area contributed by atoms with Gasteiger partial charge in [0.05, 0.1) is 6.42 Å². The number of amides is 2. The summed E-state index contributed by atoms with van der Waals surface area (Å²) in [7, 11) is 1.76. The number of hydrogen-bond donors (Lipinski definition) is 1. The first-order chi connectivity index (χ1) is 13.6. The number of nitrogens with one attached hydrogen (secondary N) is 1. The first-order valence-electron chi connectivity index (χ1n) is 9.12. The summed E-state index contributed by atoms with van der Waals surface area (Å²) in [6.07, 6.45) is 1.75. The second-order valence-corrected chi connectivity index (χ2v) is 6.75. The quantitative estimate of drug-likeness (QED) is 0.737. The van der Waals surface area contributed by atoms with E-state index in [-0.39, 0.29) is 18.2 Å². The minimum Gasteiger partial charge on any atom is -0.326 e. The summed E-state index contributed by atoms with van der Waals surface area (Å²) in [6, 6.07) is 15.0. The summed E-state index contributed by atoms with van der Waals surface area (Å²) in [5.41, 5.74) is 3.29. The molecule has 3 aromatic rings. The topological polar surface area (TPSA) is 93.0 Å². The second-order valence-electron chi connectivity index (χ2n) is 6.75. The Bertz CT molecular complexity index is 1010. The van der Waals surface area contributed by atoms with E-state index in [0.29, 0.717) is 17.9 Å². The molecule has 1 N–H and O–H groups in total. The third-order valence-corrected chi connectivity index (χ3v) is 4.71. The SMILES string of the molecule is Cn1nnnc1-c1cccc(NC(=O)Cc2ccc(N3CCCC3=O)cc2)c1. The van der Waals surface area contributed by atoms with Gasteiger partial charge in [-0.25, -0.2) is 4.68 Å². The van der Waals surface area contributed by atoms with Crippen molar-refractivity contribution < 1.29 is 9.59 Å². The van der Waals surface area contributed by atoms with Crippen LogP contribution in [0.1, 0.15) is 18.4 Å². The Hall–Kier alpha value is -3.55. The van der Waals surface area contributed by atoms with E-state index in [1.807, 2.05) is 48.5 Å². The molecule has 0 spiro atoms. The number of carbonyl (C=O) groups excluding carboxylic acids is 2. The molecule has 0 radical (unpaired) electrons. The smallest absolute Gasteiger partial charge is 0.228 e. The molecule has 2 heterocycles. The number of rotatable bonds is 5. The average molecular weight is 376 g/mol. The average Bonchev–Trinajstić information content (AvgIpc) is 3.31. The van der Waals surface area contributed by atoms with Gasteiger partial charge in [-0.1, -0.05) is 24.3 Å². The monoisotopic (exact) mass is 376 g/mol. The van der Waals surface area contributed by atoms with E-state index in [0.717, 1.165) is 29.8 Å². The minimum atomic E-state index is -0.113. The van der Waals surface area contributed by atoms with Gasteiger partial charge >= 0.3 is 0 Å². The highest BCUT2D eigenvalue weighted by atomic mass is 16.2. The summed E-state index contributed by atoms with van der Waals surface area (Å²) in [6.45, 7) is 0.760.